The van der Waals surface area contributed by atoms with Crippen molar-refractivity contribution in [3.05, 3.63) is 0 Å². The molecule has 16 heavy (non-hydrogen) atoms. The quantitative estimate of drug-likeness (QED) is 0.620. The van der Waals surface area contributed by atoms with E-state index in [9.17, 15) is 8.42 Å². The molecule has 0 aromatic heterocycles. The van der Waals surface area contributed by atoms with Gasteiger partial charge in [-0.1, -0.05) is 0 Å². The Balaban J connectivity index is 2.07. The first-order chi connectivity index (χ1) is 7.51. The average Bonchev–Trinajstić information content (AvgIpc) is 2.24. The zero-order valence-corrected chi connectivity index (χ0v) is 10.8. The van der Waals surface area contributed by atoms with Gasteiger partial charge in [0.15, 0.2) is 0 Å². The number of piperazine rings is 1. The molecule has 0 saturated carbocycles. The molecule has 7 heteroatoms. The molecule has 6 nitrogen and oxygen atoms in total. The lowest BCUT2D eigenvalue weighted by Gasteiger charge is -2.32. The van der Waals surface area contributed by atoms with Crippen LogP contribution >= 0.6 is 0 Å². The van der Waals surface area contributed by atoms with Gasteiger partial charge < -0.3 is 9.74 Å². The number of sulfonamides is 1. The van der Waals surface area contributed by atoms with Gasteiger partial charge in [0.25, 0.3) is 0 Å². The Kier molecular flexibility index (Phi) is 5.63. The predicted molar refractivity (Wildman–Crippen MR) is 62.5 cm³/mol. The van der Waals surface area contributed by atoms with E-state index in [2.05, 4.69) is 9.62 Å². The summed E-state index contributed by atoms with van der Waals surface area (Å²) in [5.74, 6) is 0. The SMILES string of the molecule is CON1CCN(CCCNS(C)(=O)=O)CC1. The molecule has 0 amide bonds. The van der Waals surface area contributed by atoms with Gasteiger partial charge in [-0.3, -0.25) is 0 Å². The summed E-state index contributed by atoms with van der Waals surface area (Å²) in [4.78, 5) is 7.44. The number of nitrogens with one attached hydrogen (secondary N) is 1. The summed E-state index contributed by atoms with van der Waals surface area (Å²) in [6.45, 7) is 5.23. The van der Waals surface area contributed by atoms with E-state index in [1.165, 1.54) is 6.26 Å². The fourth-order valence-electron chi connectivity index (χ4n) is 1.70. The van der Waals surface area contributed by atoms with Crippen molar-refractivity contribution in [3.8, 4) is 0 Å². The van der Waals surface area contributed by atoms with Crippen molar-refractivity contribution in [2.45, 2.75) is 6.42 Å². The van der Waals surface area contributed by atoms with Gasteiger partial charge in [0, 0.05) is 32.7 Å². The van der Waals surface area contributed by atoms with Crippen LogP contribution in [-0.4, -0.2) is 71.0 Å². The van der Waals surface area contributed by atoms with Gasteiger partial charge in [-0.15, -0.1) is 0 Å². The summed E-state index contributed by atoms with van der Waals surface area (Å²) >= 11 is 0. The maximum absolute atomic E-state index is 10.8. The van der Waals surface area contributed by atoms with Gasteiger partial charge in [-0.25, -0.2) is 13.1 Å². The van der Waals surface area contributed by atoms with Crippen molar-refractivity contribution in [1.82, 2.24) is 14.7 Å². The molecular weight excluding hydrogens is 230 g/mol. The highest BCUT2D eigenvalue weighted by molar-refractivity contribution is 7.88. The van der Waals surface area contributed by atoms with Crippen molar-refractivity contribution in [2.75, 3.05) is 52.6 Å². The second-order valence-corrected chi connectivity index (χ2v) is 5.81. The smallest absolute Gasteiger partial charge is 0.208 e. The Labute approximate surface area is 97.6 Å². The maximum Gasteiger partial charge on any atom is 0.208 e. The van der Waals surface area contributed by atoms with Crippen molar-refractivity contribution < 1.29 is 13.3 Å². The molecule has 96 valence electrons. The lowest BCUT2D eigenvalue weighted by molar-refractivity contribution is -0.151. The summed E-state index contributed by atoms with van der Waals surface area (Å²) in [6, 6.07) is 0. The fourth-order valence-corrected chi connectivity index (χ4v) is 2.21. The minimum Gasteiger partial charge on any atom is -0.302 e. The Morgan fingerprint density at radius 2 is 1.88 bits per heavy atom. The van der Waals surface area contributed by atoms with Gasteiger partial charge in [-0.05, 0) is 13.0 Å². The molecular formula is C9H21N3O3S. The largest absolute Gasteiger partial charge is 0.302 e. The summed E-state index contributed by atoms with van der Waals surface area (Å²) < 4.78 is 24.1. The van der Waals surface area contributed by atoms with E-state index in [-0.39, 0.29) is 0 Å². The molecule has 0 bridgehead atoms. The molecule has 1 saturated heterocycles. The molecule has 1 fully saturated rings. The number of hydrogen-bond acceptors (Lipinski definition) is 5. The first-order valence-electron chi connectivity index (χ1n) is 5.47. The van der Waals surface area contributed by atoms with Gasteiger partial charge in [-0.2, -0.15) is 5.06 Å². The average molecular weight is 251 g/mol. The van der Waals surface area contributed by atoms with Gasteiger partial charge in [0.2, 0.25) is 10.0 Å². The molecule has 0 aromatic carbocycles. The summed E-state index contributed by atoms with van der Waals surface area (Å²) in [7, 11) is -1.35. The topological polar surface area (TPSA) is 61.9 Å². The van der Waals surface area contributed by atoms with E-state index in [0.717, 1.165) is 39.1 Å². The monoisotopic (exact) mass is 251 g/mol. The molecule has 1 N–H and O–H groups in total. The van der Waals surface area contributed by atoms with Gasteiger partial charge in [0.05, 0.1) is 13.4 Å². The van der Waals surface area contributed by atoms with E-state index in [1.807, 2.05) is 5.06 Å². The van der Waals surface area contributed by atoms with E-state index in [0.29, 0.717) is 6.54 Å². The van der Waals surface area contributed by atoms with Crippen molar-refractivity contribution >= 4 is 10.0 Å². The zero-order valence-electron chi connectivity index (χ0n) is 9.98. The summed E-state index contributed by atoms with van der Waals surface area (Å²) in [5.41, 5.74) is 0. The van der Waals surface area contributed by atoms with Crippen molar-refractivity contribution in [1.29, 1.82) is 0 Å². The third-order valence-electron chi connectivity index (χ3n) is 2.60. The van der Waals surface area contributed by atoms with Gasteiger partial charge >= 0.3 is 0 Å². The number of hydroxylamine groups is 2. The highest BCUT2D eigenvalue weighted by Gasteiger charge is 2.15. The Bertz CT molecular complexity index is 286. The molecule has 0 spiro atoms. The zero-order chi connectivity index (χ0) is 12.0. The van der Waals surface area contributed by atoms with Crippen LogP contribution in [0.25, 0.3) is 0 Å². The molecule has 1 heterocycles. The van der Waals surface area contributed by atoms with Gasteiger partial charge in [0.1, 0.15) is 0 Å². The van der Waals surface area contributed by atoms with E-state index >= 15 is 0 Å². The molecule has 0 unspecified atom stereocenters. The molecule has 1 aliphatic heterocycles. The lowest BCUT2D eigenvalue weighted by atomic mass is 10.3. The highest BCUT2D eigenvalue weighted by atomic mass is 32.2. The molecule has 0 radical (unpaired) electrons. The van der Waals surface area contributed by atoms with Crippen LogP contribution in [0.5, 0.6) is 0 Å². The predicted octanol–water partition coefficient (Wildman–Crippen LogP) is -0.895. The van der Waals surface area contributed by atoms with Crippen LogP contribution in [0.15, 0.2) is 0 Å². The van der Waals surface area contributed by atoms with Crippen LogP contribution < -0.4 is 4.72 Å². The lowest BCUT2D eigenvalue weighted by Crippen LogP contribution is -2.46. The first kappa shape index (κ1) is 13.9. The van der Waals surface area contributed by atoms with Crippen molar-refractivity contribution in [3.63, 3.8) is 0 Å². The second kappa shape index (κ2) is 6.51. The minimum atomic E-state index is -3.04. The van der Waals surface area contributed by atoms with Crippen LogP contribution in [0, 0.1) is 0 Å². The standard InChI is InChI=1S/C9H21N3O3S/c1-15-12-8-6-11(7-9-12)5-3-4-10-16(2,13)14/h10H,3-9H2,1-2H3. The highest BCUT2D eigenvalue weighted by Crippen LogP contribution is 2.01. The number of rotatable bonds is 6. The normalized spacial score (nSPS) is 20.1. The third kappa shape index (κ3) is 5.76. The Morgan fingerprint density at radius 1 is 1.25 bits per heavy atom. The molecule has 0 aromatic rings. The first-order valence-corrected chi connectivity index (χ1v) is 7.36. The molecule has 0 aliphatic carbocycles. The van der Waals surface area contributed by atoms with E-state index in [4.69, 9.17) is 4.84 Å². The summed E-state index contributed by atoms with van der Waals surface area (Å²) in [6.07, 6.45) is 2.03. The van der Waals surface area contributed by atoms with Crippen LogP contribution in [0.2, 0.25) is 0 Å². The van der Waals surface area contributed by atoms with Crippen LogP contribution in [0.1, 0.15) is 6.42 Å². The van der Waals surface area contributed by atoms with E-state index in [1.54, 1.807) is 7.11 Å². The molecule has 1 rings (SSSR count). The van der Waals surface area contributed by atoms with Crippen molar-refractivity contribution in [2.24, 2.45) is 0 Å². The molecule has 0 atom stereocenters. The second-order valence-electron chi connectivity index (χ2n) is 3.97. The van der Waals surface area contributed by atoms with E-state index < -0.39 is 10.0 Å². The Hall–Kier alpha value is -0.210. The van der Waals surface area contributed by atoms with Crippen LogP contribution in [-0.2, 0) is 14.9 Å². The fraction of sp³-hybridized carbons (Fsp3) is 1.00. The number of hydrogen-bond donors (Lipinski definition) is 1. The number of nitrogens with zero attached hydrogens (tertiary/aromatic N) is 2. The minimum absolute atomic E-state index is 0.517. The maximum atomic E-state index is 10.8. The molecule has 1 aliphatic rings. The third-order valence-corrected chi connectivity index (χ3v) is 3.33. The van der Waals surface area contributed by atoms with Crippen LogP contribution in [0.4, 0.5) is 0 Å². The summed E-state index contributed by atoms with van der Waals surface area (Å²) in [5, 5.41) is 1.94. The Morgan fingerprint density at radius 3 is 2.38 bits per heavy atom. The van der Waals surface area contributed by atoms with Crippen LogP contribution in [0.3, 0.4) is 0 Å².